The monoisotopic (exact) mass is 261 g/mol. The maximum atomic E-state index is 13.6. The lowest BCUT2D eigenvalue weighted by Crippen LogP contribution is -2.29. The van der Waals surface area contributed by atoms with Crippen molar-refractivity contribution < 1.29 is 9.18 Å². The molecule has 1 fully saturated rings. The summed E-state index contributed by atoms with van der Waals surface area (Å²) >= 11 is 0. The summed E-state index contributed by atoms with van der Waals surface area (Å²) in [5, 5.41) is 0.169. The van der Waals surface area contributed by atoms with Crippen LogP contribution in [0.1, 0.15) is 6.42 Å². The maximum absolute atomic E-state index is 13.6. The number of hydrogen-bond donors (Lipinski definition) is 2. The van der Waals surface area contributed by atoms with Crippen molar-refractivity contribution in [1.82, 2.24) is 9.97 Å². The number of benzene rings is 1. The van der Waals surface area contributed by atoms with Crippen LogP contribution in [0, 0.1) is 5.82 Å². The molecular weight excluding hydrogens is 249 g/mol. The summed E-state index contributed by atoms with van der Waals surface area (Å²) in [7, 11) is 0. The van der Waals surface area contributed by atoms with Gasteiger partial charge in [-0.1, -0.05) is 6.07 Å². The van der Waals surface area contributed by atoms with Crippen molar-refractivity contribution in [2.24, 2.45) is 5.73 Å². The van der Waals surface area contributed by atoms with Crippen LogP contribution in [0.25, 0.3) is 10.9 Å². The van der Waals surface area contributed by atoms with E-state index in [0.717, 1.165) is 0 Å². The first-order valence-corrected chi connectivity index (χ1v) is 5.84. The molecule has 1 aromatic carbocycles. The minimum absolute atomic E-state index is 0.0198. The second-order valence-electron chi connectivity index (χ2n) is 4.51. The number of amides is 1. The largest absolute Gasteiger partial charge is 0.383 e. The van der Waals surface area contributed by atoms with E-state index in [2.05, 4.69) is 9.97 Å². The summed E-state index contributed by atoms with van der Waals surface area (Å²) < 4.78 is 13.6. The van der Waals surface area contributed by atoms with E-state index in [-0.39, 0.29) is 35.5 Å². The Morgan fingerprint density at radius 1 is 1.37 bits per heavy atom. The van der Waals surface area contributed by atoms with Crippen LogP contribution in [0.3, 0.4) is 0 Å². The number of fused-ring (bicyclic) bond motifs is 1. The van der Waals surface area contributed by atoms with E-state index >= 15 is 0 Å². The number of nitrogen functional groups attached to an aromatic ring is 1. The van der Waals surface area contributed by atoms with E-state index in [4.69, 9.17) is 11.5 Å². The predicted octanol–water partition coefficient (Wildman–Crippen LogP) is 0.415. The van der Waals surface area contributed by atoms with Gasteiger partial charge in [0.15, 0.2) is 0 Å². The SMILES string of the molecule is Nc1nc(N2CC(N)CC2=O)nc2cccc(F)c12. The molecule has 1 atom stereocenters. The molecule has 1 unspecified atom stereocenters. The fourth-order valence-electron chi connectivity index (χ4n) is 2.21. The molecule has 1 amide bonds. The summed E-state index contributed by atoms with van der Waals surface area (Å²) in [6.45, 7) is 0.346. The minimum Gasteiger partial charge on any atom is -0.383 e. The quantitative estimate of drug-likeness (QED) is 0.775. The van der Waals surface area contributed by atoms with Crippen LogP contribution in [-0.4, -0.2) is 28.5 Å². The third-order valence-corrected chi connectivity index (χ3v) is 3.09. The number of anilines is 2. The molecule has 4 N–H and O–H groups in total. The summed E-state index contributed by atoms with van der Waals surface area (Å²) in [5.74, 6) is -0.437. The molecule has 1 saturated heterocycles. The highest BCUT2D eigenvalue weighted by Crippen LogP contribution is 2.25. The van der Waals surface area contributed by atoms with E-state index in [1.54, 1.807) is 6.07 Å². The molecule has 19 heavy (non-hydrogen) atoms. The topological polar surface area (TPSA) is 98.1 Å². The van der Waals surface area contributed by atoms with Gasteiger partial charge in [0.1, 0.15) is 11.6 Å². The van der Waals surface area contributed by atoms with Gasteiger partial charge in [-0.25, -0.2) is 9.37 Å². The van der Waals surface area contributed by atoms with Gasteiger partial charge >= 0.3 is 0 Å². The van der Waals surface area contributed by atoms with Gasteiger partial charge in [-0.05, 0) is 12.1 Å². The standard InChI is InChI=1S/C12H12FN5O/c13-7-2-1-3-8-10(7)11(15)17-12(16-8)18-5-6(14)4-9(18)19/h1-3,6H,4-5,14H2,(H2,15,16,17). The first-order valence-electron chi connectivity index (χ1n) is 5.84. The molecule has 7 heteroatoms. The summed E-state index contributed by atoms with van der Waals surface area (Å²) in [6, 6.07) is 4.21. The Morgan fingerprint density at radius 3 is 2.84 bits per heavy atom. The van der Waals surface area contributed by atoms with Gasteiger partial charge < -0.3 is 11.5 Å². The third-order valence-electron chi connectivity index (χ3n) is 3.09. The summed E-state index contributed by atoms with van der Waals surface area (Å²) in [5.41, 5.74) is 11.8. The Labute approximate surface area is 108 Å². The number of nitrogens with two attached hydrogens (primary N) is 2. The number of halogens is 1. The lowest BCUT2D eigenvalue weighted by molar-refractivity contribution is -0.117. The first-order chi connectivity index (χ1) is 9.06. The van der Waals surface area contributed by atoms with Crippen molar-refractivity contribution >= 4 is 28.6 Å². The number of hydrogen-bond acceptors (Lipinski definition) is 5. The van der Waals surface area contributed by atoms with E-state index in [0.29, 0.717) is 12.1 Å². The molecule has 98 valence electrons. The zero-order valence-corrected chi connectivity index (χ0v) is 10.0. The molecule has 1 aliphatic heterocycles. The van der Waals surface area contributed by atoms with Crippen LogP contribution >= 0.6 is 0 Å². The van der Waals surface area contributed by atoms with E-state index < -0.39 is 5.82 Å². The Morgan fingerprint density at radius 2 is 2.16 bits per heavy atom. The van der Waals surface area contributed by atoms with Crippen LogP contribution in [0.15, 0.2) is 18.2 Å². The molecule has 0 saturated carbocycles. The average molecular weight is 261 g/mol. The number of carbonyl (C=O) groups is 1. The van der Waals surface area contributed by atoms with Gasteiger partial charge in [0, 0.05) is 19.0 Å². The van der Waals surface area contributed by atoms with Crippen LogP contribution in [0.5, 0.6) is 0 Å². The highest BCUT2D eigenvalue weighted by molar-refractivity contribution is 5.97. The molecule has 0 spiro atoms. The summed E-state index contributed by atoms with van der Waals surface area (Å²) in [4.78, 5) is 21.3. The van der Waals surface area contributed by atoms with Crippen LogP contribution in [0.4, 0.5) is 16.2 Å². The third kappa shape index (κ3) is 1.88. The second kappa shape index (κ2) is 4.13. The van der Waals surface area contributed by atoms with Crippen molar-refractivity contribution in [2.45, 2.75) is 12.5 Å². The lowest BCUT2D eigenvalue weighted by Gasteiger charge is -2.15. The van der Waals surface area contributed by atoms with Gasteiger partial charge in [-0.3, -0.25) is 9.69 Å². The Kier molecular flexibility index (Phi) is 2.56. The normalized spacial score (nSPS) is 19.4. The Hall–Kier alpha value is -2.28. The average Bonchev–Trinajstić information content (AvgIpc) is 2.68. The Bertz CT molecular complexity index is 674. The van der Waals surface area contributed by atoms with E-state index in [1.807, 2.05) is 0 Å². The molecule has 3 rings (SSSR count). The lowest BCUT2D eigenvalue weighted by atomic mass is 10.2. The highest BCUT2D eigenvalue weighted by Gasteiger charge is 2.30. The fraction of sp³-hybridized carbons (Fsp3) is 0.250. The molecule has 1 aliphatic rings. The zero-order chi connectivity index (χ0) is 13.6. The van der Waals surface area contributed by atoms with Crippen molar-refractivity contribution in [2.75, 3.05) is 17.2 Å². The number of aromatic nitrogens is 2. The number of carbonyl (C=O) groups excluding carboxylic acids is 1. The van der Waals surface area contributed by atoms with Crippen molar-refractivity contribution in [1.29, 1.82) is 0 Å². The zero-order valence-electron chi connectivity index (χ0n) is 10.0. The van der Waals surface area contributed by atoms with Gasteiger partial charge in [-0.15, -0.1) is 0 Å². The van der Waals surface area contributed by atoms with E-state index in [9.17, 15) is 9.18 Å². The van der Waals surface area contributed by atoms with Crippen molar-refractivity contribution in [3.05, 3.63) is 24.0 Å². The summed E-state index contributed by atoms with van der Waals surface area (Å²) in [6.07, 6.45) is 0.254. The van der Waals surface area contributed by atoms with Crippen LogP contribution in [0.2, 0.25) is 0 Å². The van der Waals surface area contributed by atoms with Gasteiger partial charge in [-0.2, -0.15) is 4.98 Å². The van der Waals surface area contributed by atoms with Gasteiger partial charge in [0.2, 0.25) is 11.9 Å². The van der Waals surface area contributed by atoms with E-state index in [1.165, 1.54) is 17.0 Å². The fourth-order valence-corrected chi connectivity index (χ4v) is 2.21. The molecule has 2 heterocycles. The van der Waals surface area contributed by atoms with Crippen molar-refractivity contribution in [3.63, 3.8) is 0 Å². The first kappa shape index (κ1) is 11.8. The minimum atomic E-state index is -0.481. The maximum Gasteiger partial charge on any atom is 0.234 e. The number of nitrogens with zero attached hydrogens (tertiary/aromatic N) is 3. The number of rotatable bonds is 1. The Balaban J connectivity index is 2.14. The molecule has 0 aliphatic carbocycles. The predicted molar refractivity (Wildman–Crippen MR) is 68.9 cm³/mol. The van der Waals surface area contributed by atoms with Gasteiger partial charge in [0.25, 0.3) is 0 Å². The second-order valence-corrected chi connectivity index (χ2v) is 4.51. The molecule has 0 radical (unpaired) electrons. The molecule has 1 aromatic heterocycles. The van der Waals surface area contributed by atoms with Crippen LogP contribution < -0.4 is 16.4 Å². The highest BCUT2D eigenvalue weighted by atomic mass is 19.1. The molecule has 0 bridgehead atoms. The van der Waals surface area contributed by atoms with Crippen LogP contribution in [-0.2, 0) is 4.79 Å². The smallest absolute Gasteiger partial charge is 0.234 e. The van der Waals surface area contributed by atoms with Crippen molar-refractivity contribution in [3.8, 4) is 0 Å². The molecular formula is C12H12FN5O. The molecule has 2 aromatic rings. The van der Waals surface area contributed by atoms with Gasteiger partial charge in [0.05, 0.1) is 10.9 Å². The molecule has 6 nitrogen and oxygen atoms in total.